The zero-order valence-electron chi connectivity index (χ0n) is 13.0. The molecule has 1 atom stereocenters. The number of hydrogen-bond acceptors (Lipinski definition) is 5. The minimum absolute atomic E-state index is 0.540. The number of morpholine rings is 1. The molecule has 0 saturated carbocycles. The first kappa shape index (κ1) is 15.4. The molecule has 3 heterocycles. The molecule has 1 fully saturated rings. The minimum atomic E-state index is -0.753. The SMILES string of the molecule is CC(O)(CNCc1cn2ccccc2n1)CN1CCOCC1. The number of β-amino-alcohol motifs (C(OH)–C–C–N with tert-alkyl or cyclic N) is 1. The Morgan fingerprint density at radius 3 is 2.95 bits per heavy atom. The summed E-state index contributed by atoms with van der Waals surface area (Å²) in [7, 11) is 0. The molecule has 3 rings (SSSR count). The molecule has 1 aliphatic heterocycles. The van der Waals surface area contributed by atoms with Gasteiger partial charge in [0.2, 0.25) is 0 Å². The number of pyridine rings is 1. The van der Waals surface area contributed by atoms with Crippen molar-refractivity contribution in [3.63, 3.8) is 0 Å². The summed E-state index contributed by atoms with van der Waals surface area (Å²) in [6.45, 7) is 7.02. The molecule has 2 aromatic rings. The topological polar surface area (TPSA) is 62.0 Å². The molecule has 0 aromatic carbocycles. The van der Waals surface area contributed by atoms with Crippen LogP contribution in [0.5, 0.6) is 0 Å². The number of hydrogen-bond donors (Lipinski definition) is 2. The number of aliphatic hydroxyl groups is 1. The van der Waals surface area contributed by atoms with Crippen molar-refractivity contribution in [2.24, 2.45) is 0 Å². The van der Waals surface area contributed by atoms with E-state index in [9.17, 15) is 5.11 Å². The molecule has 120 valence electrons. The van der Waals surface area contributed by atoms with Gasteiger partial charge in [-0.15, -0.1) is 0 Å². The van der Waals surface area contributed by atoms with Crippen LogP contribution in [-0.2, 0) is 11.3 Å². The van der Waals surface area contributed by atoms with E-state index in [-0.39, 0.29) is 0 Å². The Morgan fingerprint density at radius 2 is 2.18 bits per heavy atom. The molecule has 2 N–H and O–H groups in total. The zero-order chi connectivity index (χ0) is 15.4. The number of rotatable bonds is 6. The monoisotopic (exact) mass is 304 g/mol. The lowest BCUT2D eigenvalue weighted by Gasteiger charge is -2.33. The van der Waals surface area contributed by atoms with Crippen molar-refractivity contribution in [2.45, 2.75) is 19.1 Å². The van der Waals surface area contributed by atoms with E-state index in [2.05, 4.69) is 15.2 Å². The third-order valence-corrected chi connectivity index (χ3v) is 3.89. The van der Waals surface area contributed by atoms with Crippen LogP contribution in [0.3, 0.4) is 0 Å². The number of imidazole rings is 1. The molecule has 0 radical (unpaired) electrons. The smallest absolute Gasteiger partial charge is 0.137 e. The van der Waals surface area contributed by atoms with Crippen LogP contribution in [0.2, 0.25) is 0 Å². The van der Waals surface area contributed by atoms with Gasteiger partial charge in [-0.05, 0) is 19.1 Å². The minimum Gasteiger partial charge on any atom is -0.388 e. The Kier molecular flexibility index (Phi) is 4.73. The maximum absolute atomic E-state index is 10.5. The van der Waals surface area contributed by atoms with Gasteiger partial charge in [0.1, 0.15) is 5.65 Å². The highest BCUT2D eigenvalue weighted by Crippen LogP contribution is 2.09. The zero-order valence-corrected chi connectivity index (χ0v) is 13.0. The first-order valence-electron chi connectivity index (χ1n) is 7.78. The average Bonchev–Trinajstić information content (AvgIpc) is 2.90. The summed E-state index contributed by atoms with van der Waals surface area (Å²) < 4.78 is 7.34. The Bertz CT molecular complexity index is 572. The molecule has 22 heavy (non-hydrogen) atoms. The van der Waals surface area contributed by atoms with Gasteiger partial charge in [-0.3, -0.25) is 4.90 Å². The molecule has 1 unspecified atom stereocenters. The van der Waals surface area contributed by atoms with Crippen molar-refractivity contribution in [3.05, 3.63) is 36.3 Å². The quantitative estimate of drug-likeness (QED) is 0.814. The van der Waals surface area contributed by atoms with Gasteiger partial charge in [0.15, 0.2) is 0 Å². The Labute approximate surface area is 130 Å². The Morgan fingerprint density at radius 1 is 1.36 bits per heavy atom. The number of nitrogens with zero attached hydrogens (tertiary/aromatic N) is 3. The maximum Gasteiger partial charge on any atom is 0.137 e. The van der Waals surface area contributed by atoms with Gasteiger partial charge in [-0.1, -0.05) is 6.07 Å². The highest BCUT2D eigenvalue weighted by molar-refractivity contribution is 5.39. The van der Waals surface area contributed by atoms with Crippen LogP contribution in [0.25, 0.3) is 5.65 Å². The summed E-state index contributed by atoms with van der Waals surface area (Å²) in [4.78, 5) is 6.79. The van der Waals surface area contributed by atoms with E-state index in [4.69, 9.17) is 4.74 Å². The number of aromatic nitrogens is 2. The standard InChI is InChI=1S/C16H24N4O2/c1-16(21,13-19-6-8-22-9-7-19)12-17-10-14-11-20-5-3-2-4-15(20)18-14/h2-5,11,17,21H,6-10,12-13H2,1H3. The summed E-state index contributed by atoms with van der Waals surface area (Å²) in [6, 6.07) is 5.95. The number of ether oxygens (including phenoxy) is 1. The predicted molar refractivity (Wildman–Crippen MR) is 84.8 cm³/mol. The molecule has 6 nitrogen and oxygen atoms in total. The fraction of sp³-hybridized carbons (Fsp3) is 0.562. The molecule has 0 amide bonds. The third-order valence-electron chi connectivity index (χ3n) is 3.89. The van der Waals surface area contributed by atoms with Gasteiger partial charge in [-0.2, -0.15) is 0 Å². The first-order valence-corrected chi connectivity index (χ1v) is 7.78. The number of fused-ring (bicyclic) bond motifs is 1. The van der Waals surface area contributed by atoms with Crippen molar-refractivity contribution >= 4 is 5.65 Å². The van der Waals surface area contributed by atoms with Crippen LogP contribution < -0.4 is 5.32 Å². The Hall–Kier alpha value is -1.47. The molecule has 1 aliphatic rings. The van der Waals surface area contributed by atoms with Crippen LogP contribution in [0.4, 0.5) is 0 Å². The number of nitrogens with one attached hydrogen (secondary N) is 1. The van der Waals surface area contributed by atoms with E-state index in [1.807, 2.05) is 41.9 Å². The fourth-order valence-electron chi connectivity index (χ4n) is 2.83. The van der Waals surface area contributed by atoms with Gasteiger partial charge >= 0.3 is 0 Å². The predicted octanol–water partition coefficient (Wildman–Crippen LogP) is 0.507. The van der Waals surface area contributed by atoms with E-state index in [0.29, 0.717) is 19.6 Å². The van der Waals surface area contributed by atoms with Gasteiger partial charge in [0.05, 0.1) is 24.5 Å². The van der Waals surface area contributed by atoms with Gasteiger partial charge in [0, 0.05) is 45.1 Å². The van der Waals surface area contributed by atoms with Crippen LogP contribution in [0.15, 0.2) is 30.6 Å². The van der Waals surface area contributed by atoms with Gasteiger partial charge < -0.3 is 19.6 Å². The van der Waals surface area contributed by atoms with E-state index < -0.39 is 5.60 Å². The summed E-state index contributed by atoms with van der Waals surface area (Å²) in [5, 5.41) is 13.8. The lowest BCUT2D eigenvalue weighted by Crippen LogP contribution is -2.50. The normalized spacial score (nSPS) is 19.4. The highest BCUT2D eigenvalue weighted by Gasteiger charge is 2.24. The molecule has 2 aromatic heterocycles. The van der Waals surface area contributed by atoms with E-state index >= 15 is 0 Å². The lowest BCUT2D eigenvalue weighted by molar-refractivity contribution is -0.0219. The van der Waals surface area contributed by atoms with Crippen LogP contribution >= 0.6 is 0 Å². The summed E-state index contributed by atoms with van der Waals surface area (Å²) in [5.74, 6) is 0. The maximum atomic E-state index is 10.5. The van der Waals surface area contributed by atoms with Crippen LogP contribution in [-0.4, -0.2) is 64.4 Å². The molecular weight excluding hydrogens is 280 g/mol. The second-order valence-electron chi connectivity index (χ2n) is 6.19. The first-order chi connectivity index (χ1) is 10.6. The van der Waals surface area contributed by atoms with Crippen molar-refractivity contribution in [2.75, 3.05) is 39.4 Å². The Balaban J connectivity index is 1.48. The third kappa shape index (κ3) is 4.04. The molecule has 0 aliphatic carbocycles. The molecule has 6 heteroatoms. The van der Waals surface area contributed by atoms with Crippen molar-refractivity contribution in [1.29, 1.82) is 0 Å². The van der Waals surface area contributed by atoms with E-state index in [1.54, 1.807) is 0 Å². The van der Waals surface area contributed by atoms with Crippen molar-refractivity contribution in [3.8, 4) is 0 Å². The van der Waals surface area contributed by atoms with Crippen molar-refractivity contribution < 1.29 is 9.84 Å². The summed E-state index contributed by atoms with van der Waals surface area (Å²) in [6.07, 6.45) is 4.00. The highest BCUT2D eigenvalue weighted by atomic mass is 16.5. The summed E-state index contributed by atoms with van der Waals surface area (Å²) in [5.41, 5.74) is 1.17. The lowest BCUT2D eigenvalue weighted by atomic mass is 10.1. The average molecular weight is 304 g/mol. The van der Waals surface area contributed by atoms with Crippen molar-refractivity contribution in [1.82, 2.24) is 19.6 Å². The largest absolute Gasteiger partial charge is 0.388 e. The van der Waals surface area contributed by atoms with Crippen LogP contribution in [0.1, 0.15) is 12.6 Å². The molecule has 0 bridgehead atoms. The summed E-state index contributed by atoms with van der Waals surface area (Å²) >= 11 is 0. The van der Waals surface area contributed by atoms with Gasteiger partial charge in [0.25, 0.3) is 0 Å². The molecule has 0 spiro atoms. The molecular formula is C16H24N4O2. The fourth-order valence-corrected chi connectivity index (χ4v) is 2.83. The van der Waals surface area contributed by atoms with E-state index in [0.717, 1.165) is 37.6 Å². The second-order valence-corrected chi connectivity index (χ2v) is 6.19. The molecule has 1 saturated heterocycles. The second kappa shape index (κ2) is 6.75. The van der Waals surface area contributed by atoms with Crippen LogP contribution in [0, 0.1) is 0 Å². The van der Waals surface area contributed by atoms with Gasteiger partial charge in [-0.25, -0.2) is 4.98 Å². The van der Waals surface area contributed by atoms with E-state index in [1.165, 1.54) is 0 Å².